The van der Waals surface area contributed by atoms with E-state index >= 15 is 0 Å². The zero-order chi connectivity index (χ0) is 14.8. The molecular weight excluding hydrogens is 262 g/mol. The Balaban J connectivity index is 1.92. The summed E-state index contributed by atoms with van der Waals surface area (Å²) in [6.45, 7) is 2.01. The third-order valence-electron chi connectivity index (χ3n) is 3.32. The molecule has 1 aromatic heterocycles. The first-order valence-electron chi connectivity index (χ1n) is 6.57. The van der Waals surface area contributed by atoms with Crippen LogP contribution in [0.25, 0.3) is 10.9 Å². The highest BCUT2D eigenvalue weighted by atomic mass is 16.1. The van der Waals surface area contributed by atoms with E-state index in [1.165, 1.54) is 0 Å². The molecule has 4 nitrogen and oxygen atoms in total. The fourth-order valence-electron chi connectivity index (χ4n) is 2.25. The Morgan fingerprint density at radius 2 is 2.00 bits per heavy atom. The molecule has 0 saturated heterocycles. The van der Waals surface area contributed by atoms with E-state index in [9.17, 15) is 4.79 Å². The van der Waals surface area contributed by atoms with E-state index in [0.717, 1.165) is 16.5 Å². The minimum absolute atomic E-state index is 0.258. The molecule has 4 heteroatoms. The number of rotatable bonds is 2. The number of aryl methyl sites for hydroxylation is 1. The van der Waals surface area contributed by atoms with Crippen LogP contribution in [-0.4, -0.2) is 10.9 Å². The van der Waals surface area contributed by atoms with Gasteiger partial charge in [-0.05, 0) is 37.3 Å². The molecule has 0 radical (unpaired) electrons. The molecule has 0 fully saturated rings. The van der Waals surface area contributed by atoms with Crippen LogP contribution in [0.4, 0.5) is 5.69 Å². The molecule has 0 unspecified atom stereocenters. The fourth-order valence-corrected chi connectivity index (χ4v) is 2.25. The highest BCUT2D eigenvalue weighted by Gasteiger charge is 2.11. The van der Waals surface area contributed by atoms with Gasteiger partial charge in [0, 0.05) is 10.9 Å². The molecule has 0 spiro atoms. The van der Waals surface area contributed by atoms with Crippen molar-refractivity contribution in [2.45, 2.75) is 6.92 Å². The molecular formula is C17H13N3O. The van der Waals surface area contributed by atoms with Crippen molar-refractivity contribution in [3.05, 3.63) is 65.4 Å². The van der Waals surface area contributed by atoms with Crippen LogP contribution in [-0.2, 0) is 0 Å². The number of nitriles is 1. The number of anilines is 1. The van der Waals surface area contributed by atoms with Gasteiger partial charge in [-0.15, -0.1) is 0 Å². The molecule has 0 atom stereocenters. The summed E-state index contributed by atoms with van der Waals surface area (Å²) < 4.78 is 0. The lowest BCUT2D eigenvalue weighted by Gasteiger charge is -2.05. The number of hydrogen-bond acceptors (Lipinski definition) is 2. The fraction of sp³-hybridized carbons (Fsp3) is 0.0588. The number of aromatic nitrogens is 1. The maximum atomic E-state index is 12.3. The predicted octanol–water partition coefficient (Wildman–Crippen LogP) is 3.60. The van der Waals surface area contributed by atoms with Crippen molar-refractivity contribution in [1.29, 1.82) is 5.26 Å². The van der Waals surface area contributed by atoms with Gasteiger partial charge in [0.2, 0.25) is 0 Å². The quantitative estimate of drug-likeness (QED) is 0.750. The Hall–Kier alpha value is -3.06. The summed E-state index contributed by atoms with van der Waals surface area (Å²) in [7, 11) is 0. The van der Waals surface area contributed by atoms with E-state index in [0.29, 0.717) is 16.9 Å². The Labute approximate surface area is 122 Å². The van der Waals surface area contributed by atoms with Gasteiger partial charge in [-0.2, -0.15) is 5.26 Å². The largest absolute Gasteiger partial charge is 0.351 e. The van der Waals surface area contributed by atoms with Gasteiger partial charge in [-0.25, -0.2) is 0 Å². The number of carbonyl (C=O) groups is 1. The van der Waals surface area contributed by atoms with Crippen LogP contribution < -0.4 is 5.32 Å². The first-order chi connectivity index (χ1) is 10.2. The van der Waals surface area contributed by atoms with E-state index in [-0.39, 0.29) is 5.91 Å². The van der Waals surface area contributed by atoms with Gasteiger partial charge < -0.3 is 10.3 Å². The molecule has 0 aliphatic carbocycles. The van der Waals surface area contributed by atoms with Crippen molar-refractivity contribution < 1.29 is 4.79 Å². The van der Waals surface area contributed by atoms with Gasteiger partial charge in [-0.1, -0.05) is 23.8 Å². The molecule has 1 heterocycles. The summed E-state index contributed by atoms with van der Waals surface area (Å²) in [5, 5.41) is 12.8. The minimum Gasteiger partial charge on any atom is -0.351 e. The predicted molar refractivity (Wildman–Crippen MR) is 82.1 cm³/mol. The first-order valence-corrected chi connectivity index (χ1v) is 6.57. The molecule has 1 amide bonds. The van der Waals surface area contributed by atoms with E-state index in [4.69, 9.17) is 5.26 Å². The maximum absolute atomic E-state index is 12.3. The summed E-state index contributed by atoms with van der Waals surface area (Å²) in [4.78, 5) is 15.4. The Kier molecular flexibility index (Phi) is 3.17. The Bertz CT molecular complexity index is 871. The summed E-state index contributed by atoms with van der Waals surface area (Å²) in [5.41, 5.74) is 3.49. The van der Waals surface area contributed by atoms with Gasteiger partial charge in [0.15, 0.2) is 0 Å². The summed E-state index contributed by atoms with van der Waals surface area (Å²) in [6, 6.07) is 16.8. The highest BCUT2D eigenvalue weighted by molar-refractivity contribution is 6.06. The van der Waals surface area contributed by atoms with Crippen molar-refractivity contribution in [2.75, 3.05) is 5.32 Å². The monoisotopic (exact) mass is 275 g/mol. The van der Waals surface area contributed by atoms with Crippen LogP contribution >= 0.6 is 0 Å². The van der Waals surface area contributed by atoms with Crippen LogP contribution in [0.15, 0.2) is 48.5 Å². The van der Waals surface area contributed by atoms with Crippen LogP contribution in [0.5, 0.6) is 0 Å². The zero-order valence-corrected chi connectivity index (χ0v) is 11.5. The Morgan fingerprint density at radius 1 is 1.19 bits per heavy atom. The number of carbonyl (C=O) groups excluding carboxylic acids is 1. The molecule has 0 aliphatic heterocycles. The topological polar surface area (TPSA) is 68.7 Å². The van der Waals surface area contributed by atoms with Gasteiger partial charge >= 0.3 is 0 Å². The standard InChI is InChI=1S/C17H13N3O/c1-11-6-7-15-13(8-11)9-16(19-15)17(21)20-14-5-3-2-4-12(14)10-18/h2-9,19H,1H3,(H,20,21). The second kappa shape index (κ2) is 5.14. The zero-order valence-electron chi connectivity index (χ0n) is 11.5. The van der Waals surface area contributed by atoms with Crippen molar-refractivity contribution in [3.8, 4) is 6.07 Å². The van der Waals surface area contributed by atoms with Gasteiger partial charge in [0.05, 0.1) is 11.3 Å². The molecule has 3 rings (SSSR count). The third-order valence-corrected chi connectivity index (χ3v) is 3.32. The Morgan fingerprint density at radius 3 is 2.81 bits per heavy atom. The second-order valence-corrected chi connectivity index (χ2v) is 4.89. The highest BCUT2D eigenvalue weighted by Crippen LogP contribution is 2.19. The summed E-state index contributed by atoms with van der Waals surface area (Å²) in [5.74, 6) is -0.258. The number of H-pyrrole nitrogens is 1. The molecule has 0 bridgehead atoms. The molecule has 0 saturated carbocycles. The molecule has 2 aromatic carbocycles. The van der Waals surface area contributed by atoms with Gasteiger partial charge in [0.25, 0.3) is 5.91 Å². The second-order valence-electron chi connectivity index (χ2n) is 4.89. The minimum atomic E-state index is -0.258. The van der Waals surface area contributed by atoms with Crippen LogP contribution in [0.1, 0.15) is 21.6 Å². The SMILES string of the molecule is Cc1ccc2[nH]c(C(=O)Nc3ccccc3C#N)cc2c1. The molecule has 0 aliphatic rings. The van der Waals surface area contributed by atoms with Crippen molar-refractivity contribution in [2.24, 2.45) is 0 Å². The van der Waals surface area contributed by atoms with Crippen molar-refractivity contribution in [3.63, 3.8) is 0 Å². The maximum Gasteiger partial charge on any atom is 0.272 e. The lowest BCUT2D eigenvalue weighted by atomic mass is 10.2. The third kappa shape index (κ3) is 2.49. The lowest BCUT2D eigenvalue weighted by molar-refractivity contribution is 0.102. The number of hydrogen-bond donors (Lipinski definition) is 2. The van der Waals surface area contributed by atoms with Crippen LogP contribution in [0.2, 0.25) is 0 Å². The van der Waals surface area contributed by atoms with Crippen LogP contribution in [0.3, 0.4) is 0 Å². The number of para-hydroxylation sites is 1. The average Bonchev–Trinajstić information content (AvgIpc) is 2.91. The summed E-state index contributed by atoms with van der Waals surface area (Å²) >= 11 is 0. The number of amides is 1. The molecule has 3 aromatic rings. The van der Waals surface area contributed by atoms with E-state index in [2.05, 4.69) is 16.4 Å². The van der Waals surface area contributed by atoms with Gasteiger partial charge in [-0.3, -0.25) is 4.79 Å². The van der Waals surface area contributed by atoms with E-state index in [1.54, 1.807) is 24.3 Å². The lowest BCUT2D eigenvalue weighted by Crippen LogP contribution is -2.13. The van der Waals surface area contributed by atoms with Gasteiger partial charge in [0.1, 0.15) is 11.8 Å². The first kappa shape index (κ1) is 12.9. The smallest absolute Gasteiger partial charge is 0.272 e. The number of benzene rings is 2. The molecule has 2 N–H and O–H groups in total. The summed E-state index contributed by atoms with van der Waals surface area (Å²) in [6.07, 6.45) is 0. The normalized spacial score (nSPS) is 10.3. The van der Waals surface area contributed by atoms with Crippen LogP contribution in [0, 0.1) is 18.3 Å². The van der Waals surface area contributed by atoms with E-state index < -0.39 is 0 Å². The van der Waals surface area contributed by atoms with Crippen molar-refractivity contribution >= 4 is 22.5 Å². The number of nitrogens with zero attached hydrogens (tertiary/aromatic N) is 1. The number of nitrogens with one attached hydrogen (secondary N) is 2. The molecule has 102 valence electrons. The van der Waals surface area contributed by atoms with E-state index in [1.807, 2.05) is 31.2 Å². The average molecular weight is 275 g/mol. The number of fused-ring (bicyclic) bond motifs is 1. The number of aromatic amines is 1. The van der Waals surface area contributed by atoms with Crippen molar-refractivity contribution in [1.82, 2.24) is 4.98 Å². The molecule has 21 heavy (non-hydrogen) atoms.